The maximum absolute atomic E-state index is 12.9. The fraction of sp³-hybridized carbons (Fsp3) is 0.458. The number of amides is 1. The normalized spacial score (nSPS) is 27.7. The van der Waals surface area contributed by atoms with E-state index in [9.17, 15) is 4.79 Å². The molecule has 1 heterocycles. The van der Waals surface area contributed by atoms with Gasteiger partial charge in [-0.25, -0.2) is 0 Å². The van der Waals surface area contributed by atoms with E-state index in [-0.39, 0.29) is 29.6 Å². The third-order valence-electron chi connectivity index (χ3n) is 6.23. The van der Waals surface area contributed by atoms with E-state index in [2.05, 4.69) is 12.2 Å². The number of nitrogens with one attached hydrogen (secondary N) is 1. The summed E-state index contributed by atoms with van der Waals surface area (Å²) in [6.07, 6.45) is 5.54. The van der Waals surface area contributed by atoms with Crippen molar-refractivity contribution >= 4 is 29.1 Å². The van der Waals surface area contributed by atoms with Gasteiger partial charge in [-0.3, -0.25) is 4.79 Å². The van der Waals surface area contributed by atoms with Gasteiger partial charge in [0.25, 0.3) is 0 Å². The van der Waals surface area contributed by atoms with E-state index in [1.807, 2.05) is 48.5 Å². The van der Waals surface area contributed by atoms with E-state index >= 15 is 0 Å². The fourth-order valence-electron chi connectivity index (χ4n) is 4.63. The van der Waals surface area contributed by atoms with Crippen LogP contribution in [0.1, 0.15) is 68.8 Å². The van der Waals surface area contributed by atoms with Gasteiger partial charge in [-0.1, -0.05) is 60.3 Å². The number of rotatable bonds is 4. The molecular weight excluding hydrogens is 405 g/mol. The van der Waals surface area contributed by atoms with Gasteiger partial charge in [-0.2, -0.15) is 0 Å². The molecule has 1 aliphatic carbocycles. The summed E-state index contributed by atoms with van der Waals surface area (Å²) in [5, 5.41) is 4.80. The van der Waals surface area contributed by atoms with Crippen molar-refractivity contribution in [3.8, 4) is 0 Å². The molecule has 3 atom stereocenters. The quantitative estimate of drug-likeness (QED) is 0.587. The topological polar surface area (TPSA) is 38.3 Å². The van der Waals surface area contributed by atoms with Gasteiger partial charge in [0.15, 0.2) is 0 Å². The lowest BCUT2D eigenvalue weighted by Crippen LogP contribution is -2.52. The highest BCUT2D eigenvalue weighted by molar-refractivity contribution is 6.30. The van der Waals surface area contributed by atoms with E-state index in [1.54, 1.807) is 0 Å². The highest BCUT2D eigenvalue weighted by Crippen LogP contribution is 2.44. The number of halogens is 2. The molecule has 1 amide bonds. The highest BCUT2D eigenvalue weighted by Gasteiger charge is 2.41. The van der Waals surface area contributed by atoms with Crippen molar-refractivity contribution in [2.24, 2.45) is 5.92 Å². The Morgan fingerprint density at radius 2 is 1.34 bits per heavy atom. The Balaban J connectivity index is 1.59. The second-order valence-corrected chi connectivity index (χ2v) is 9.53. The average Bonchev–Trinajstić information content (AvgIpc) is 3.23. The zero-order chi connectivity index (χ0) is 20.4. The number of hydrogen-bond donors (Lipinski definition) is 1. The van der Waals surface area contributed by atoms with Crippen LogP contribution in [0.5, 0.6) is 0 Å². The second-order valence-electron chi connectivity index (χ2n) is 8.66. The second kappa shape index (κ2) is 8.67. The Morgan fingerprint density at radius 1 is 0.897 bits per heavy atom. The molecule has 1 unspecified atom stereocenters. The van der Waals surface area contributed by atoms with Crippen LogP contribution in [0.4, 0.5) is 0 Å². The van der Waals surface area contributed by atoms with E-state index in [1.165, 1.54) is 0 Å². The summed E-state index contributed by atoms with van der Waals surface area (Å²) in [5.41, 5.74) is 1.82. The van der Waals surface area contributed by atoms with Gasteiger partial charge >= 0.3 is 0 Å². The van der Waals surface area contributed by atoms with Crippen LogP contribution in [-0.2, 0) is 9.53 Å². The largest absolute Gasteiger partial charge is 0.365 e. The third-order valence-corrected chi connectivity index (χ3v) is 6.74. The number of carbonyl (C=O) groups excluding carboxylic acids is 1. The number of ether oxygens (including phenoxy) is 1. The van der Waals surface area contributed by atoms with Crippen LogP contribution in [0.2, 0.25) is 10.0 Å². The lowest BCUT2D eigenvalue weighted by molar-refractivity contribution is -0.132. The fourth-order valence-corrected chi connectivity index (χ4v) is 4.89. The van der Waals surface area contributed by atoms with E-state index in [0.717, 1.165) is 49.7 Å². The van der Waals surface area contributed by atoms with E-state index in [0.29, 0.717) is 10.0 Å². The van der Waals surface area contributed by atoms with Crippen molar-refractivity contribution in [3.05, 3.63) is 69.7 Å². The van der Waals surface area contributed by atoms with Gasteiger partial charge in [-0.05, 0) is 55.2 Å². The van der Waals surface area contributed by atoms with Crippen LogP contribution in [-0.4, -0.2) is 11.4 Å². The number of hydrogen-bond acceptors (Lipinski definition) is 2. The SMILES string of the molecule is CC1(NC(=O)C2CCCC2)C[C@@H](c2ccc(Cl)cc2)O[C@@H](c2ccc(Cl)cc2)C1. The molecule has 154 valence electrons. The Morgan fingerprint density at radius 3 is 1.79 bits per heavy atom. The first-order chi connectivity index (χ1) is 13.9. The molecule has 3 nitrogen and oxygen atoms in total. The van der Waals surface area contributed by atoms with E-state index < -0.39 is 0 Å². The molecule has 1 N–H and O–H groups in total. The predicted octanol–water partition coefficient (Wildman–Crippen LogP) is 6.65. The maximum Gasteiger partial charge on any atom is 0.223 e. The summed E-state index contributed by atoms with van der Waals surface area (Å²) in [6.45, 7) is 2.15. The first-order valence-corrected chi connectivity index (χ1v) is 11.2. The molecule has 2 fully saturated rings. The van der Waals surface area contributed by atoms with Gasteiger partial charge in [0.2, 0.25) is 5.91 Å². The van der Waals surface area contributed by atoms with Crippen LogP contribution in [0.3, 0.4) is 0 Å². The molecule has 0 aromatic heterocycles. The summed E-state index contributed by atoms with van der Waals surface area (Å²) in [4.78, 5) is 12.9. The molecule has 2 aliphatic rings. The van der Waals surface area contributed by atoms with Crippen LogP contribution >= 0.6 is 23.2 Å². The van der Waals surface area contributed by atoms with Crippen molar-refractivity contribution in [1.82, 2.24) is 5.32 Å². The summed E-state index contributed by atoms with van der Waals surface area (Å²) >= 11 is 12.2. The third kappa shape index (κ3) is 4.96. The lowest BCUT2D eigenvalue weighted by Gasteiger charge is -2.44. The maximum atomic E-state index is 12.9. The molecule has 0 spiro atoms. The molecule has 1 aliphatic heterocycles. The average molecular weight is 432 g/mol. The number of carbonyl (C=O) groups is 1. The lowest BCUT2D eigenvalue weighted by atomic mass is 9.81. The molecule has 0 radical (unpaired) electrons. The first-order valence-electron chi connectivity index (χ1n) is 10.4. The van der Waals surface area contributed by atoms with Crippen LogP contribution in [0.25, 0.3) is 0 Å². The van der Waals surface area contributed by atoms with Gasteiger partial charge in [0.1, 0.15) is 0 Å². The Hall–Kier alpha value is -1.55. The molecule has 2 aromatic rings. The summed E-state index contributed by atoms with van der Waals surface area (Å²) in [6, 6.07) is 15.6. The molecule has 2 aromatic carbocycles. The molecule has 1 saturated heterocycles. The molecule has 4 rings (SSSR count). The highest BCUT2D eigenvalue weighted by atomic mass is 35.5. The Bertz CT molecular complexity index is 791. The number of benzene rings is 2. The minimum atomic E-state index is -0.341. The first kappa shape index (κ1) is 20.7. The van der Waals surface area contributed by atoms with Crippen molar-refractivity contribution in [1.29, 1.82) is 0 Å². The van der Waals surface area contributed by atoms with Crippen LogP contribution in [0.15, 0.2) is 48.5 Å². The van der Waals surface area contributed by atoms with E-state index in [4.69, 9.17) is 27.9 Å². The zero-order valence-corrected chi connectivity index (χ0v) is 18.2. The molecule has 5 heteroatoms. The standard InChI is InChI=1S/C24H27Cl2NO2/c1-24(27-23(28)18-4-2-3-5-18)14-21(16-6-10-19(25)11-7-16)29-22(15-24)17-8-12-20(26)13-9-17/h6-13,18,21-22H,2-5,14-15H2,1H3,(H,27,28)/t21-,22+,24?. The van der Waals surface area contributed by atoms with Crippen molar-refractivity contribution in [2.45, 2.75) is 63.2 Å². The van der Waals surface area contributed by atoms with Crippen LogP contribution < -0.4 is 5.32 Å². The minimum Gasteiger partial charge on any atom is -0.365 e. The summed E-state index contributed by atoms with van der Waals surface area (Å²) in [7, 11) is 0. The van der Waals surface area contributed by atoms with Gasteiger partial charge in [0.05, 0.1) is 12.2 Å². The predicted molar refractivity (Wildman–Crippen MR) is 117 cm³/mol. The van der Waals surface area contributed by atoms with Gasteiger partial charge in [0, 0.05) is 34.3 Å². The molecule has 29 heavy (non-hydrogen) atoms. The summed E-state index contributed by atoms with van der Waals surface area (Å²) in [5.74, 6) is 0.342. The smallest absolute Gasteiger partial charge is 0.223 e. The van der Waals surface area contributed by atoms with Gasteiger partial charge in [-0.15, -0.1) is 0 Å². The zero-order valence-electron chi connectivity index (χ0n) is 16.7. The molecule has 0 bridgehead atoms. The minimum absolute atomic E-state index is 0.115. The van der Waals surface area contributed by atoms with Crippen molar-refractivity contribution < 1.29 is 9.53 Å². The Labute approximate surface area is 182 Å². The Kier molecular flexibility index (Phi) is 6.19. The summed E-state index contributed by atoms with van der Waals surface area (Å²) < 4.78 is 6.50. The van der Waals surface area contributed by atoms with Crippen molar-refractivity contribution in [2.75, 3.05) is 0 Å². The molecule has 1 saturated carbocycles. The van der Waals surface area contributed by atoms with Crippen molar-refractivity contribution in [3.63, 3.8) is 0 Å². The van der Waals surface area contributed by atoms with Crippen LogP contribution in [0, 0.1) is 5.92 Å². The van der Waals surface area contributed by atoms with Gasteiger partial charge < -0.3 is 10.1 Å². The monoisotopic (exact) mass is 431 g/mol. The molecular formula is C24H27Cl2NO2.